The first kappa shape index (κ1) is 34.0. The summed E-state index contributed by atoms with van der Waals surface area (Å²) in [7, 11) is 0. The summed E-state index contributed by atoms with van der Waals surface area (Å²) in [5.74, 6) is -1.56. The molecule has 6 nitrogen and oxygen atoms in total. The van der Waals surface area contributed by atoms with Gasteiger partial charge in [-0.25, -0.2) is 0 Å². The Hall–Kier alpha value is -5.32. The van der Waals surface area contributed by atoms with Crippen LogP contribution in [0.5, 0.6) is 0 Å². The number of carbonyl (C=O) groups is 3. The molecule has 11 heteroatoms. The maximum absolute atomic E-state index is 13.4. The second-order valence-electron chi connectivity index (χ2n) is 10.4. The normalized spacial score (nSPS) is 12.1. The van der Waals surface area contributed by atoms with Crippen molar-refractivity contribution in [2.45, 2.75) is 16.3 Å². The minimum absolute atomic E-state index is 0.0139. The fourth-order valence-corrected chi connectivity index (χ4v) is 5.76. The van der Waals surface area contributed by atoms with Crippen LogP contribution in [0.4, 0.5) is 24.5 Å². The highest BCUT2D eigenvalue weighted by atomic mass is 35.5. The van der Waals surface area contributed by atoms with Gasteiger partial charge in [-0.15, -0.1) is 11.8 Å². The van der Waals surface area contributed by atoms with E-state index in [9.17, 15) is 27.6 Å². The van der Waals surface area contributed by atoms with Crippen LogP contribution in [-0.2, 0) is 15.8 Å². The first-order chi connectivity index (χ1) is 23.0. The molecule has 5 rings (SSSR count). The van der Waals surface area contributed by atoms with Crippen molar-refractivity contribution in [3.05, 3.63) is 166 Å². The number of alkyl halides is 3. The molecule has 0 saturated carbocycles. The van der Waals surface area contributed by atoms with Gasteiger partial charge < -0.3 is 16.0 Å². The van der Waals surface area contributed by atoms with Gasteiger partial charge in [-0.1, -0.05) is 78.3 Å². The number of rotatable bonds is 10. The van der Waals surface area contributed by atoms with Gasteiger partial charge in [0.1, 0.15) is 10.9 Å². The highest BCUT2D eigenvalue weighted by Gasteiger charge is 2.31. The molecule has 48 heavy (non-hydrogen) atoms. The molecule has 1 unspecified atom stereocenters. The van der Waals surface area contributed by atoms with Crippen molar-refractivity contribution >= 4 is 58.5 Å². The highest BCUT2D eigenvalue weighted by molar-refractivity contribution is 8.00. The third-order valence-corrected chi connectivity index (χ3v) is 8.35. The van der Waals surface area contributed by atoms with Crippen LogP contribution < -0.4 is 16.0 Å². The van der Waals surface area contributed by atoms with E-state index in [1.54, 1.807) is 109 Å². The van der Waals surface area contributed by atoms with Gasteiger partial charge in [0.25, 0.3) is 11.8 Å². The highest BCUT2D eigenvalue weighted by Crippen LogP contribution is 2.37. The number of thioether (sulfide) groups is 1. The quantitative estimate of drug-likeness (QED) is 0.101. The van der Waals surface area contributed by atoms with E-state index >= 15 is 0 Å². The molecule has 242 valence electrons. The molecule has 3 N–H and O–H groups in total. The summed E-state index contributed by atoms with van der Waals surface area (Å²) in [6.07, 6.45) is -3.04. The largest absolute Gasteiger partial charge is 0.416 e. The summed E-state index contributed by atoms with van der Waals surface area (Å²) >= 11 is 7.32. The van der Waals surface area contributed by atoms with Crippen molar-refractivity contribution in [3.8, 4) is 0 Å². The Morgan fingerprint density at radius 1 is 0.708 bits per heavy atom. The van der Waals surface area contributed by atoms with E-state index in [0.29, 0.717) is 32.3 Å². The Labute approximate surface area is 284 Å². The Kier molecular flexibility index (Phi) is 11.0. The summed E-state index contributed by atoms with van der Waals surface area (Å²) in [6, 6.07) is 35.3. The van der Waals surface area contributed by atoms with E-state index < -0.39 is 34.7 Å². The SMILES string of the molecule is O=C(Nc1ccc(SC(C(=O)Nc2cccc(C(F)(F)F)c2)c2ccccc2)cc1)/C(=C/c1cccc(Cl)c1)NC(=O)c1ccccc1. The molecule has 0 bridgehead atoms. The number of benzene rings is 5. The van der Waals surface area contributed by atoms with Crippen LogP contribution >= 0.6 is 23.4 Å². The first-order valence-corrected chi connectivity index (χ1v) is 15.8. The van der Waals surface area contributed by atoms with Crippen molar-refractivity contribution in [2.75, 3.05) is 10.6 Å². The van der Waals surface area contributed by atoms with Crippen LogP contribution in [0.3, 0.4) is 0 Å². The van der Waals surface area contributed by atoms with Gasteiger partial charge >= 0.3 is 6.18 Å². The van der Waals surface area contributed by atoms with Crippen molar-refractivity contribution in [3.63, 3.8) is 0 Å². The van der Waals surface area contributed by atoms with E-state index in [-0.39, 0.29) is 11.4 Å². The average Bonchev–Trinajstić information content (AvgIpc) is 3.08. The van der Waals surface area contributed by atoms with Gasteiger partial charge in [0.2, 0.25) is 5.91 Å². The summed E-state index contributed by atoms with van der Waals surface area (Å²) in [5.41, 5.74) is 1.17. The lowest BCUT2D eigenvalue weighted by Crippen LogP contribution is -2.30. The zero-order valence-corrected chi connectivity index (χ0v) is 26.6. The lowest BCUT2D eigenvalue weighted by Gasteiger charge is -2.18. The number of nitrogens with one attached hydrogen (secondary N) is 3. The summed E-state index contributed by atoms with van der Waals surface area (Å²) in [6.45, 7) is 0. The van der Waals surface area contributed by atoms with E-state index in [2.05, 4.69) is 16.0 Å². The van der Waals surface area contributed by atoms with E-state index in [1.807, 2.05) is 0 Å². The number of anilines is 2. The van der Waals surface area contributed by atoms with E-state index in [1.165, 1.54) is 30.0 Å². The molecule has 0 spiro atoms. The maximum atomic E-state index is 13.4. The van der Waals surface area contributed by atoms with Crippen LogP contribution in [0, 0.1) is 0 Å². The number of hydrogen-bond acceptors (Lipinski definition) is 4. The second-order valence-corrected chi connectivity index (χ2v) is 12.0. The summed E-state index contributed by atoms with van der Waals surface area (Å²) in [4.78, 5) is 40.4. The number of amides is 3. The van der Waals surface area contributed by atoms with Crippen molar-refractivity contribution < 1.29 is 27.6 Å². The van der Waals surface area contributed by atoms with Gasteiger partial charge in [-0.3, -0.25) is 14.4 Å². The van der Waals surface area contributed by atoms with Crippen molar-refractivity contribution in [1.82, 2.24) is 5.32 Å². The molecule has 0 aromatic heterocycles. The molecule has 5 aromatic rings. The van der Waals surface area contributed by atoms with E-state index in [0.717, 1.165) is 12.1 Å². The third-order valence-electron chi connectivity index (χ3n) is 6.85. The van der Waals surface area contributed by atoms with Crippen LogP contribution in [0.2, 0.25) is 5.02 Å². The standard InChI is InChI=1S/C37H27ClF3N3O3S/c38-28-15-7-9-24(21-28)22-32(44-34(45)26-12-5-2-6-13-26)35(46)42-29-17-19-31(20-18-29)48-33(25-10-3-1-4-11-25)36(47)43-30-16-8-14-27(23-30)37(39,40)41/h1-23,33H,(H,42,46)(H,43,47)(H,44,45)/b32-22-. The fourth-order valence-electron chi connectivity index (χ4n) is 4.54. The summed E-state index contributed by atoms with van der Waals surface area (Å²) < 4.78 is 39.7. The van der Waals surface area contributed by atoms with Crippen molar-refractivity contribution in [1.29, 1.82) is 0 Å². The lowest BCUT2D eigenvalue weighted by molar-refractivity contribution is -0.137. The molecule has 0 aliphatic rings. The molecule has 0 heterocycles. The second kappa shape index (κ2) is 15.5. The smallest absolute Gasteiger partial charge is 0.325 e. The molecular weight excluding hydrogens is 659 g/mol. The predicted molar refractivity (Wildman–Crippen MR) is 184 cm³/mol. The Bertz CT molecular complexity index is 1940. The van der Waals surface area contributed by atoms with Gasteiger partial charge in [-0.2, -0.15) is 13.2 Å². The third kappa shape index (κ3) is 9.37. The minimum Gasteiger partial charge on any atom is -0.325 e. The average molecular weight is 686 g/mol. The van der Waals surface area contributed by atoms with Crippen LogP contribution in [0.15, 0.2) is 144 Å². The number of hydrogen-bond donors (Lipinski definition) is 3. The van der Waals surface area contributed by atoms with Crippen LogP contribution in [0.25, 0.3) is 6.08 Å². The molecular formula is C37H27ClF3N3O3S. The molecule has 0 radical (unpaired) electrons. The number of halogens is 4. The van der Waals surface area contributed by atoms with Crippen LogP contribution in [-0.4, -0.2) is 17.7 Å². The number of carbonyl (C=O) groups excluding carboxylic acids is 3. The Balaban J connectivity index is 1.33. The molecule has 3 amide bonds. The lowest BCUT2D eigenvalue weighted by atomic mass is 10.1. The Morgan fingerprint density at radius 3 is 2.04 bits per heavy atom. The van der Waals surface area contributed by atoms with Crippen molar-refractivity contribution in [2.24, 2.45) is 0 Å². The predicted octanol–water partition coefficient (Wildman–Crippen LogP) is 9.24. The molecule has 0 aliphatic heterocycles. The molecule has 0 fully saturated rings. The monoisotopic (exact) mass is 685 g/mol. The Morgan fingerprint density at radius 2 is 1.38 bits per heavy atom. The van der Waals surface area contributed by atoms with Gasteiger partial charge in [0.15, 0.2) is 0 Å². The van der Waals surface area contributed by atoms with Crippen LogP contribution in [0.1, 0.15) is 32.3 Å². The van der Waals surface area contributed by atoms with Gasteiger partial charge in [0, 0.05) is 26.9 Å². The maximum Gasteiger partial charge on any atom is 0.416 e. The van der Waals surface area contributed by atoms with E-state index in [4.69, 9.17) is 11.6 Å². The molecule has 5 aromatic carbocycles. The zero-order valence-electron chi connectivity index (χ0n) is 25.0. The summed E-state index contributed by atoms with van der Waals surface area (Å²) in [5, 5.41) is 7.73. The topological polar surface area (TPSA) is 87.3 Å². The molecule has 0 saturated heterocycles. The molecule has 0 aliphatic carbocycles. The molecule has 1 atom stereocenters. The minimum atomic E-state index is -4.55. The zero-order chi connectivity index (χ0) is 34.1. The van der Waals surface area contributed by atoms with Gasteiger partial charge in [0.05, 0.1) is 5.56 Å². The fraction of sp³-hybridized carbons (Fsp3) is 0.0541. The first-order valence-electron chi connectivity index (χ1n) is 14.5. The van der Waals surface area contributed by atoms with Gasteiger partial charge in [-0.05, 0) is 83.9 Å².